The lowest BCUT2D eigenvalue weighted by atomic mass is 9.31. The summed E-state index contributed by atoms with van der Waals surface area (Å²) in [6, 6.07) is 0. The van der Waals surface area contributed by atoms with E-state index in [-0.39, 0.29) is 16.2 Å². The van der Waals surface area contributed by atoms with Gasteiger partial charge in [0.2, 0.25) is 0 Å². The number of fused-ring (bicyclic) bond motifs is 7. The summed E-state index contributed by atoms with van der Waals surface area (Å²) in [7, 11) is 0. The third-order valence-electron chi connectivity index (χ3n) is 12.6. The molecular weight excluding hydrogens is 356 g/mol. The van der Waals surface area contributed by atoms with E-state index in [2.05, 4.69) is 34.6 Å². The van der Waals surface area contributed by atoms with Crippen LogP contribution in [-0.2, 0) is 4.79 Å². The number of carbonyl (C=O) groups is 1. The van der Waals surface area contributed by atoms with E-state index in [9.17, 15) is 9.90 Å². The quantitative estimate of drug-likeness (QED) is 0.506. The van der Waals surface area contributed by atoms with Crippen LogP contribution in [0.25, 0.3) is 0 Å². The Labute approximate surface area is 178 Å². The van der Waals surface area contributed by atoms with E-state index in [1.165, 1.54) is 51.4 Å². The van der Waals surface area contributed by atoms with Crippen LogP contribution in [0.15, 0.2) is 0 Å². The molecule has 164 valence electrons. The van der Waals surface area contributed by atoms with Gasteiger partial charge in [-0.15, -0.1) is 0 Å². The first-order valence-electron chi connectivity index (χ1n) is 12.8. The molecule has 0 bridgehead atoms. The molecule has 0 spiro atoms. The zero-order chi connectivity index (χ0) is 20.8. The van der Waals surface area contributed by atoms with Crippen LogP contribution in [-0.4, -0.2) is 11.1 Å². The summed E-state index contributed by atoms with van der Waals surface area (Å²) in [5.41, 5.74) is -0.690. The molecule has 2 nitrogen and oxygen atoms in total. The van der Waals surface area contributed by atoms with Crippen molar-refractivity contribution in [2.75, 3.05) is 0 Å². The maximum atomic E-state index is 13.0. The van der Waals surface area contributed by atoms with Gasteiger partial charge in [-0.1, -0.05) is 60.3 Å². The Balaban J connectivity index is 1.61. The molecule has 0 aromatic rings. The van der Waals surface area contributed by atoms with E-state index in [1.807, 2.05) is 0 Å². The Morgan fingerprint density at radius 1 is 0.759 bits per heavy atom. The smallest absolute Gasteiger partial charge is 0.310 e. The van der Waals surface area contributed by atoms with Gasteiger partial charge in [0, 0.05) is 0 Å². The summed E-state index contributed by atoms with van der Waals surface area (Å²) < 4.78 is 0. The molecule has 0 amide bonds. The molecule has 8 unspecified atom stereocenters. The van der Waals surface area contributed by atoms with Crippen molar-refractivity contribution < 1.29 is 9.90 Å². The van der Waals surface area contributed by atoms with Crippen molar-refractivity contribution >= 4 is 5.97 Å². The van der Waals surface area contributed by atoms with Crippen molar-refractivity contribution in [2.45, 2.75) is 105 Å². The van der Waals surface area contributed by atoms with Crippen molar-refractivity contribution in [3.05, 3.63) is 0 Å². The standard InChI is InChI=1S/C27H44O2/c1-24(2)22-20-12-11-17-9-6-7-10-18(17)19(20)13-14-21(22)26(5)15-8-16-27(26,23(28)29)25(24,3)4/h17-22H,6-16H2,1-5H3,(H,28,29). The second-order valence-electron chi connectivity index (χ2n) is 13.2. The van der Waals surface area contributed by atoms with Crippen molar-refractivity contribution in [1.29, 1.82) is 0 Å². The van der Waals surface area contributed by atoms with Gasteiger partial charge in [-0.05, 0) is 96.7 Å². The highest BCUT2D eigenvalue weighted by Crippen LogP contribution is 2.79. The summed E-state index contributed by atoms with van der Waals surface area (Å²) in [6.45, 7) is 12.0. The normalized spacial score (nSPS) is 52.6. The summed E-state index contributed by atoms with van der Waals surface area (Å²) in [4.78, 5) is 13.0. The number of hydrogen-bond acceptors (Lipinski definition) is 1. The minimum atomic E-state index is -0.556. The van der Waals surface area contributed by atoms with Crippen LogP contribution in [0.2, 0.25) is 0 Å². The highest BCUT2D eigenvalue weighted by molar-refractivity contribution is 5.78. The molecule has 5 aliphatic carbocycles. The Morgan fingerprint density at radius 3 is 2.17 bits per heavy atom. The lowest BCUT2D eigenvalue weighted by Crippen LogP contribution is -2.70. The van der Waals surface area contributed by atoms with Gasteiger partial charge in [0.15, 0.2) is 0 Å². The third-order valence-corrected chi connectivity index (χ3v) is 12.6. The second kappa shape index (κ2) is 6.26. The molecule has 0 heterocycles. The Kier molecular flexibility index (Phi) is 4.40. The molecule has 0 aromatic heterocycles. The number of hydrogen-bond donors (Lipinski definition) is 1. The number of aliphatic carboxylic acids is 1. The van der Waals surface area contributed by atoms with Gasteiger partial charge in [-0.3, -0.25) is 4.79 Å². The van der Waals surface area contributed by atoms with E-state index in [4.69, 9.17) is 0 Å². The SMILES string of the molecule is CC1(C)C2C3CCC4CCCCC4C3CCC2C2(C)CCCC2(C(=O)O)C1(C)C. The van der Waals surface area contributed by atoms with Crippen LogP contribution >= 0.6 is 0 Å². The molecule has 2 heteroatoms. The van der Waals surface area contributed by atoms with Crippen LogP contribution in [0.3, 0.4) is 0 Å². The van der Waals surface area contributed by atoms with E-state index in [0.29, 0.717) is 11.8 Å². The summed E-state index contributed by atoms with van der Waals surface area (Å²) >= 11 is 0. The lowest BCUT2D eigenvalue weighted by Gasteiger charge is -2.72. The topological polar surface area (TPSA) is 37.3 Å². The molecule has 0 aromatic carbocycles. The minimum absolute atomic E-state index is 0.0308. The Bertz CT molecular complexity index is 693. The molecular formula is C27H44O2. The summed E-state index contributed by atoms with van der Waals surface area (Å²) in [5.74, 6) is 4.55. The van der Waals surface area contributed by atoms with E-state index < -0.39 is 11.4 Å². The van der Waals surface area contributed by atoms with Crippen LogP contribution < -0.4 is 0 Å². The number of carboxylic acid groups (broad SMARTS) is 1. The van der Waals surface area contributed by atoms with Gasteiger partial charge < -0.3 is 5.11 Å². The monoisotopic (exact) mass is 400 g/mol. The zero-order valence-electron chi connectivity index (χ0n) is 19.6. The molecule has 5 saturated carbocycles. The van der Waals surface area contributed by atoms with Crippen LogP contribution in [0.5, 0.6) is 0 Å². The predicted octanol–water partition coefficient (Wildman–Crippen LogP) is 7.17. The van der Waals surface area contributed by atoms with E-state index in [0.717, 1.165) is 42.9 Å². The number of carboxylic acids is 1. The first kappa shape index (κ1) is 20.4. The first-order valence-corrected chi connectivity index (χ1v) is 12.8. The molecule has 0 saturated heterocycles. The second-order valence-corrected chi connectivity index (χ2v) is 13.2. The number of rotatable bonds is 1. The highest BCUT2D eigenvalue weighted by atomic mass is 16.4. The minimum Gasteiger partial charge on any atom is -0.481 e. The van der Waals surface area contributed by atoms with Gasteiger partial charge in [-0.2, -0.15) is 0 Å². The maximum Gasteiger partial charge on any atom is 0.310 e. The fraction of sp³-hybridized carbons (Fsp3) is 0.963. The summed E-state index contributed by atoms with van der Waals surface area (Å²) in [6.07, 6.45) is 14.5. The third kappa shape index (κ3) is 2.23. The Hall–Kier alpha value is -0.530. The van der Waals surface area contributed by atoms with Gasteiger partial charge in [-0.25, -0.2) is 0 Å². The average Bonchev–Trinajstić information content (AvgIpc) is 3.06. The average molecular weight is 401 g/mol. The molecule has 5 aliphatic rings. The van der Waals surface area contributed by atoms with Crippen molar-refractivity contribution in [3.8, 4) is 0 Å². The fourth-order valence-electron chi connectivity index (χ4n) is 10.9. The van der Waals surface area contributed by atoms with Crippen LogP contribution in [0, 0.1) is 57.2 Å². The molecule has 0 aliphatic heterocycles. The molecule has 1 N–H and O–H groups in total. The predicted molar refractivity (Wildman–Crippen MR) is 117 cm³/mol. The van der Waals surface area contributed by atoms with Crippen molar-refractivity contribution in [2.24, 2.45) is 57.2 Å². The Morgan fingerprint density at radius 2 is 1.45 bits per heavy atom. The summed E-state index contributed by atoms with van der Waals surface area (Å²) in [5, 5.41) is 10.7. The largest absolute Gasteiger partial charge is 0.481 e. The van der Waals surface area contributed by atoms with E-state index >= 15 is 0 Å². The van der Waals surface area contributed by atoms with Gasteiger partial charge >= 0.3 is 5.97 Å². The lowest BCUT2D eigenvalue weighted by molar-refractivity contribution is -0.258. The van der Waals surface area contributed by atoms with E-state index in [1.54, 1.807) is 0 Å². The molecule has 8 atom stereocenters. The van der Waals surface area contributed by atoms with Crippen molar-refractivity contribution in [3.63, 3.8) is 0 Å². The first-order chi connectivity index (χ1) is 13.6. The van der Waals surface area contributed by atoms with Crippen LogP contribution in [0.1, 0.15) is 105 Å². The molecule has 0 radical (unpaired) electrons. The van der Waals surface area contributed by atoms with Gasteiger partial charge in [0.05, 0.1) is 5.41 Å². The molecule has 5 rings (SSSR count). The van der Waals surface area contributed by atoms with Gasteiger partial charge in [0.1, 0.15) is 0 Å². The fourth-order valence-corrected chi connectivity index (χ4v) is 10.9. The maximum absolute atomic E-state index is 13.0. The molecule has 29 heavy (non-hydrogen) atoms. The highest BCUT2D eigenvalue weighted by Gasteiger charge is 2.76. The van der Waals surface area contributed by atoms with Crippen molar-refractivity contribution in [1.82, 2.24) is 0 Å². The molecule has 5 fully saturated rings. The van der Waals surface area contributed by atoms with Gasteiger partial charge in [0.25, 0.3) is 0 Å². The zero-order valence-corrected chi connectivity index (χ0v) is 19.6. The van der Waals surface area contributed by atoms with Crippen LogP contribution in [0.4, 0.5) is 0 Å².